The first-order chi connectivity index (χ1) is 8.61. The number of Topliss-reactive ketones (excluding diaryl/α,β-unsaturated/α-hetero) is 1. The van der Waals surface area contributed by atoms with Crippen LogP contribution in [0.25, 0.3) is 0 Å². The van der Waals surface area contributed by atoms with Crippen molar-refractivity contribution in [3.05, 3.63) is 16.0 Å². The first kappa shape index (κ1) is 15.7. The number of ether oxygens (including phenoxy) is 1. The largest absolute Gasteiger partial charge is 0.465 e. The number of carbonyl (C=O) groups is 2. The maximum Gasteiger partial charge on any atom is 0.348 e. The molecule has 0 aliphatic rings. The monoisotopic (exact) mass is 283 g/mol. The molecule has 0 radical (unpaired) electrons. The van der Waals surface area contributed by atoms with E-state index in [0.717, 1.165) is 11.3 Å². The maximum atomic E-state index is 12.5. The fraction of sp³-hybridized carbons (Fsp3) is 0.571. The second-order valence-electron chi connectivity index (χ2n) is 5.81. The van der Waals surface area contributed by atoms with Crippen molar-refractivity contribution in [1.29, 1.82) is 0 Å². The van der Waals surface area contributed by atoms with Crippen LogP contribution in [0.4, 0.5) is 5.00 Å². The Hall–Kier alpha value is -1.36. The normalized spacial score (nSPS) is 11.7. The molecule has 0 bridgehead atoms. The van der Waals surface area contributed by atoms with Crippen molar-refractivity contribution in [3.8, 4) is 0 Å². The topological polar surface area (TPSA) is 69.4 Å². The lowest BCUT2D eigenvalue weighted by atomic mass is 9.83. The minimum Gasteiger partial charge on any atom is -0.465 e. The summed E-state index contributed by atoms with van der Waals surface area (Å²) in [6.45, 7) is 9.40. The van der Waals surface area contributed by atoms with Gasteiger partial charge >= 0.3 is 5.97 Å². The molecule has 0 saturated heterocycles. The van der Waals surface area contributed by atoms with Crippen LogP contribution in [0, 0.1) is 5.41 Å². The molecule has 1 aromatic rings. The molecule has 2 N–H and O–H groups in total. The highest BCUT2D eigenvalue weighted by molar-refractivity contribution is 7.18. The molecule has 4 nitrogen and oxygen atoms in total. The Balaban J connectivity index is 3.53. The van der Waals surface area contributed by atoms with Crippen LogP contribution in [0.5, 0.6) is 0 Å². The first-order valence-corrected chi connectivity index (χ1v) is 6.98. The zero-order valence-electron chi connectivity index (χ0n) is 12.3. The van der Waals surface area contributed by atoms with Crippen LogP contribution in [0.1, 0.15) is 66.1 Å². The van der Waals surface area contributed by atoms with Crippen molar-refractivity contribution in [2.75, 3.05) is 12.8 Å². The molecule has 0 unspecified atom stereocenters. The highest BCUT2D eigenvalue weighted by Crippen LogP contribution is 2.39. The number of esters is 1. The summed E-state index contributed by atoms with van der Waals surface area (Å²) in [5.74, 6) is -0.447. The summed E-state index contributed by atoms with van der Waals surface area (Å²) in [6, 6.07) is 0. The van der Waals surface area contributed by atoms with Crippen LogP contribution in [-0.4, -0.2) is 18.9 Å². The number of thiophene rings is 1. The number of nitrogen functional groups attached to an aromatic ring is 1. The summed E-state index contributed by atoms with van der Waals surface area (Å²) in [7, 11) is 1.33. The molecular weight excluding hydrogens is 262 g/mol. The quantitative estimate of drug-likeness (QED) is 0.681. The van der Waals surface area contributed by atoms with Crippen molar-refractivity contribution in [2.45, 2.75) is 40.5 Å². The van der Waals surface area contributed by atoms with E-state index in [0.29, 0.717) is 21.0 Å². The third-order valence-corrected chi connectivity index (χ3v) is 3.84. The molecule has 0 aliphatic heterocycles. The van der Waals surface area contributed by atoms with Crippen LogP contribution >= 0.6 is 11.3 Å². The molecule has 1 rings (SSSR count). The highest BCUT2D eigenvalue weighted by atomic mass is 32.1. The summed E-state index contributed by atoms with van der Waals surface area (Å²) >= 11 is 1.13. The minimum atomic E-state index is -0.535. The van der Waals surface area contributed by atoms with E-state index in [-0.39, 0.29) is 11.7 Å². The van der Waals surface area contributed by atoms with E-state index >= 15 is 0 Å². The molecule has 1 aromatic heterocycles. The van der Waals surface area contributed by atoms with E-state index in [9.17, 15) is 9.59 Å². The van der Waals surface area contributed by atoms with Gasteiger partial charge in [0.15, 0.2) is 5.78 Å². The van der Waals surface area contributed by atoms with Crippen molar-refractivity contribution >= 4 is 28.1 Å². The molecule has 0 fully saturated rings. The second-order valence-corrected chi connectivity index (χ2v) is 6.86. The number of ketones is 1. The Morgan fingerprint density at radius 3 is 2.16 bits per heavy atom. The van der Waals surface area contributed by atoms with Crippen molar-refractivity contribution < 1.29 is 14.3 Å². The number of methoxy groups -OCH3 is 1. The van der Waals surface area contributed by atoms with Gasteiger partial charge in [0.05, 0.1) is 17.7 Å². The van der Waals surface area contributed by atoms with Crippen LogP contribution in [0.15, 0.2) is 0 Å². The Kier molecular flexibility index (Phi) is 4.40. The maximum absolute atomic E-state index is 12.5. The number of rotatable bonds is 3. The van der Waals surface area contributed by atoms with Crippen LogP contribution in [0.3, 0.4) is 0 Å². The number of carbonyl (C=O) groups excluding carboxylic acids is 2. The van der Waals surface area contributed by atoms with E-state index in [1.54, 1.807) is 0 Å². The summed E-state index contributed by atoms with van der Waals surface area (Å²) in [5, 5.41) is 0.393. The van der Waals surface area contributed by atoms with Crippen LogP contribution in [-0.2, 0) is 4.74 Å². The van der Waals surface area contributed by atoms with E-state index < -0.39 is 11.4 Å². The molecule has 19 heavy (non-hydrogen) atoms. The van der Waals surface area contributed by atoms with Gasteiger partial charge in [0.1, 0.15) is 4.88 Å². The first-order valence-electron chi connectivity index (χ1n) is 6.16. The average molecular weight is 283 g/mol. The lowest BCUT2D eigenvalue weighted by molar-refractivity contribution is 0.0604. The van der Waals surface area contributed by atoms with Gasteiger partial charge < -0.3 is 10.5 Å². The Morgan fingerprint density at radius 1 is 1.26 bits per heavy atom. The SMILES string of the molecule is COC(=O)c1sc(N)c(C(=O)C(C)(C)C)c1C(C)C. The Labute approximate surface area is 117 Å². The molecule has 0 saturated carbocycles. The minimum absolute atomic E-state index is 0.0314. The van der Waals surface area contributed by atoms with Crippen molar-refractivity contribution in [3.63, 3.8) is 0 Å². The second kappa shape index (κ2) is 5.33. The predicted molar refractivity (Wildman–Crippen MR) is 77.9 cm³/mol. The third-order valence-electron chi connectivity index (χ3n) is 2.83. The number of nitrogens with two attached hydrogens (primary N) is 1. The van der Waals surface area contributed by atoms with E-state index in [1.165, 1.54) is 7.11 Å². The van der Waals surface area contributed by atoms with E-state index in [1.807, 2.05) is 34.6 Å². The van der Waals surface area contributed by atoms with Crippen molar-refractivity contribution in [2.24, 2.45) is 5.41 Å². The molecule has 0 aliphatic carbocycles. The Bertz CT molecular complexity index is 509. The van der Waals surface area contributed by atoms with Gasteiger partial charge in [-0.15, -0.1) is 11.3 Å². The van der Waals surface area contributed by atoms with E-state index in [2.05, 4.69) is 0 Å². The van der Waals surface area contributed by atoms with Gasteiger partial charge in [0.25, 0.3) is 0 Å². The van der Waals surface area contributed by atoms with Crippen LogP contribution < -0.4 is 5.73 Å². The molecule has 5 heteroatoms. The number of anilines is 1. The standard InChI is InChI=1S/C14H21NO3S/c1-7(2)8-9(11(16)14(3,4)5)12(15)19-10(8)13(17)18-6/h7H,15H2,1-6H3. The zero-order chi connectivity index (χ0) is 15.0. The van der Waals surface area contributed by atoms with Gasteiger partial charge in [-0.05, 0) is 11.5 Å². The summed E-state index contributed by atoms with van der Waals surface area (Å²) in [6.07, 6.45) is 0. The van der Waals surface area contributed by atoms with Gasteiger partial charge in [-0.3, -0.25) is 4.79 Å². The van der Waals surface area contributed by atoms with Crippen LogP contribution in [0.2, 0.25) is 0 Å². The molecular formula is C14H21NO3S. The molecule has 1 heterocycles. The lowest BCUT2D eigenvalue weighted by Gasteiger charge is -2.19. The molecule has 0 spiro atoms. The molecule has 0 aromatic carbocycles. The lowest BCUT2D eigenvalue weighted by Crippen LogP contribution is -2.22. The third kappa shape index (κ3) is 2.97. The molecule has 0 amide bonds. The van der Waals surface area contributed by atoms with Gasteiger partial charge in [-0.2, -0.15) is 0 Å². The smallest absolute Gasteiger partial charge is 0.348 e. The zero-order valence-corrected chi connectivity index (χ0v) is 13.1. The average Bonchev–Trinajstić information content (AvgIpc) is 2.63. The predicted octanol–water partition coefficient (Wildman–Crippen LogP) is 3.47. The molecule has 0 atom stereocenters. The van der Waals surface area contributed by atoms with E-state index in [4.69, 9.17) is 10.5 Å². The van der Waals surface area contributed by atoms with Gasteiger partial charge in [0.2, 0.25) is 0 Å². The number of hydrogen-bond donors (Lipinski definition) is 1. The van der Waals surface area contributed by atoms with Gasteiger partial charge in [0, 0.05) is 5.41 Å². The summed E-state index contributed by atoms with van der Waals surface area (Å²) in [5.41, 5.74) is 6.61. The summed E-state index contributed by atoms with van der Waals surface area (Å²) < 4.78 is 4.77. The Morgan fingerprint density at radius 2 is 1.79 bits per heavy atom. The number of hydrogen-bond acceptors (Lipinski definition) is 5. The van der Waals surface area contributed by atoms with Gasteiger partial charge in [-0.25, -0.2) is 4.79 Å². The fourth-order valence-electron chi connectivity index (χ4n) is 1.87. The highest BCUT2D eigenvalue weighted by Gasteiger charge is 2.33. The van der Waals surface area contributed by atoms with Gasteiger partial charge in [-0.1, -0.05) is 34.6 Å². The molecule has 106 valence electrons. The van der Waals surface area contributed by atoms with Crippen molar-refractivity contribution in [1.82, 2.24) is 0 Å². The fourth-order valence-corrected chi connectivity index (χ4v) is 3.01. The summed E-state index contributed by atoms with van der Waals surface area (Å²) in [4.78, 5) is 24.7.